The highest BCUT2D eigenvalue weighted by Gasteiger charge is 2.37. The molecule has 1 aliphatic carbocycles. The summed E-state index contributed by atoms with van der Waals surface area (Å²) in [6, 6.07) is 13.8. The highest BCUT2D eigenvalue weighted by Crippen LogP contribution is 2.40. The maximum atomic E-state index is 13.5. The summed E-state index contributed by atoms with van der Waals surface area (Å²) in [6.07, 6.45) is 5.91. The lowest BCUT2D eigenvalue weighted by Crippen LogP contribution is -2.40. The van der Waals surface area contributed by atoms with Gasteiger partial charge in [0.15, 0.2) is 14.1 Å². The Labute approximate surface area is 217 Å². The normalized spacial score (nSPS) is 14.4. The smallest absolute Gasteiger partial charge is 0.293 e. The zero-order chi connectivity index (χ0) is 26.5. The Morgan fingerprint density at radius 2 is 1.81 bits per heavy atom. The summed E-state index contributed by atoms with van der Waals surface area (Å²) in [6.45, 7) is 17.6. The molecule has 36 heavy (non-hydrogen) atoms. The minimum atomic E-state index is -1.91. The van der Waals surface area contributed by atoms with E-state index in [2.05, 4.69) is 52.6 Å². The van der Waals surface area contributed by atoms with Crippen molar-refractivity contribution < 1.29 is 18.7 Å². The molecule has 0 heterocycles. The summed E-state index contributed by atoms with van der Waals surface area (Å²) < 4.78 is 18.1. The average Bonchev–Trinajstić information content (AvgIpc) is 3.69. The number of ether oxygens (including phenoxy) is 2. The summed E-state index contributed by atoms with van der Waals surface area (Å²) in [4.78, 5) is 15.2. The van der Waals surface area contributed by atoms with Crippen LogP contribution in [0.1, 0.15) is 57.6 Å². The lowest BCUT2D eigenvalue weighted by Gasteiger charge is -2.36. The molecule has 0 bridgehead atoms. The molecule has 3 rings (SSSR count). The fraction of sp³-hybridized carbons (Fsp3) is 0.433. The van der Waals surface area contributed by atoms with Crippen molar-refractivity contribution in [1.82, 2.24) is 0 Å². The number of benzene rings is 2. The van der Waals surface area contributed by atoms with E-state index in [1.807, 2.05) is 30.3 Å². The first-order valence-electron chi connectivity index (χ1n) is 12.7. The second-order valence-corrected chi connectivity index (χ2v) is 15.7. The minimum absolute atomic E-state index is 0.120. The van der Waals surface area contributed by atoms with E-state index in [1.54, 1.807) is 31.1 Å². The third-order valence-electron chi connectivity index (χ3n) is 7.16. The maximum Gasteiger partial charge on any atom is 0.293 e. The number of nitrogens with zero attached hydrogens (tertiary/aromatic N) is 1. The number of carbonyl (C=O) groups is 1. The molecular weight excluding hydrogens is 466 g/mol. The highest BCUT2D eigenvalue weighted by molar-refractivity contribution is 6.74. The Bertz CT molecular complexity index is 1090. The fourth-order valence-corrected chi connectivity index (χ4v) is 4.59. The molecule has 1 aliphatic rings. The second kappa shape index (κ2) is 11.5. The number of rotatable bonds is 11. The largest absolute Gasteiger partial charge is 0.496 e. The first kappa shape index (κ1) is 27.7. The van der Waals surface area contributed by atoms with Crippen LogP contribution in [0.25, 0.3) is 0 Å². The third-order valence-corrected chi connectivity index (χ3v) is 11.6. The molecule has 0 saturated heterocycles. The van der Waals surface area contributed by atoms with Crippen LogP contribution in [-0.2, 0) is 15.8 Å². The van der Waals surface area contributed by atoms with Gasteiger partial charge in [-0.15, -0.1) is 6.58 Å². The van der Waals surface area contributed by atoms with Crippen molar-refractivity contribution in [2.24, 2.45) is 0 Å². The molecule has 0 atom stereocenters. The number of hydrogen-bond acceptors (Lipinski definition) is 4. The molecule has 1 amide bonds. The number of hydrogen-bond donors (Lipinski definition) is 0. The van der Waals surface area contributed by atoms with Crippen LogP contribution in [-0.4, -0.2) is 27.9 Å². The number of allylic oxidation sites excluding steroid dienone is 1. The summed E-state index contributed by atoms with van der Waals surface area (Å²) in [7, 11) is -0.271. The SMILES string of the molecule is C=CCN(C(=O)C(=CC)Oc1ccc(C2CC2)cc1)c1ccc(CO[Si](C)(C)C(C)(C)C)c(OC)c1. The molecule has 2 aromatic rings. The molecule has 1 fully saturated rings. The topological polar surface area (TPSA) is 48.0 Å². The minimum Gasteiger partial charge on any atom is -0.496 e. The van der Waals surface area contributed by atoms with Gasteiger partial charge in [-0.2, -0.15) is 0 Å². The van der Waals surface area contributed by atoms with Gasteiger partial charge in [-0.25, -0.2) is 0 Å². The van der Waals surface area contributed by atoms with Crippen LogP contribution in [0.4, 0.5) is 5.69 Å². The number of anilines is 1. The molecule has 0 aliphatic heterocycles. The number of amides is 1. The zero-order valence-corrected chi connectivity index (χ0v) is 23.9. The molecule has 2 aromatic carbocycles. The number of carbonyl (C=O) groups excluding carboxylic acids is 1. The summed E-state index contributed by atoms with van der Waals surface area (Å²) in [5, 5.41) is 0.120. The van der Waals surface area contributed by atoms with Crippen molar-refractivity contribution in [1.29, 1.82) is 0 Å². The average molecular weight is 508 g/mol. The highest BCUT2D eigenvalue weighted by atomic mass is 28.4. The standard InChI is InChI=1S/C30H41NO4Si/c1-9-19-31(29(32)27(10-2)35-26-17-14-23(15-18-26)22-11-12-22)25-16-13-24(28(20-25)33-6)21-34-36(7,8)30(3,4)5/h9-10,13-18,20,22H,1,11-12,19,21H2,2-8H3. The third kappa shape index (κ3) is 6.68. The molecule has 0 spiro atoms. The van der Waals surface area contributed by atoms with Crippen LogP contribution in [0.5, 0.6) is 11.5 Å². The predicted octanol–water partition coefficient (Wildman–Crippen LogP) is 7.60. The molecule has 194 valence electrons. The van der Waals surface area contributed by atoms with Gasteiger partial charge in [-0.1, -0.05) is 45.0 Å². The van der Waals surface area contributed by atoms with Gasteiger partial charge in [0.1, 0.15) is 11.5 Å². The lowest BCUT2D eigenvalue weighted by atomic mass is 10.1. The summed E-state index contributed by atoms with van der Waals surface area (Å²) >= 11 is 0. The zero-order valence-electron chi connectivity index (χ0n) is 22.9. The lowest BCUT2D eigenvalue weighted by molar-refractivity contribution is -0.117. The van der Waals surface area contributed by atoms with Gasteiger partial charge in [-0.05, 0) is 73.7 Å². The van der Waals surface area contributed by atoms with Crippen molar-refractivity contribution in [3.8, 4) is 11.5 Å². The molecule has 0 unspecified atom stereocenters. The Morgan fingerprint density at radius 3 is 2.33 bits per heavy atom. The quantitative estimate of drug-likeness (QED) is 0.136. The molecule has 1 saturated carbocycles. The van der Waals surface area contributed by atoms with Crippen LogP contribution in [0.15, 0.2) is 67.0 Å². The maximum absolute atomic E-state index is 13.5. The van der Waals surface area contributed by atoms with E-state index in [1.165, 1.54) is 18.4 Å². The first-order chi connectivity index (χ1) is 17.0. The van der Waals surface area contributed by atoms with Gasteiger partial charge >= 0.3 is 0 Å². The molecule has 0 radical (unpaired) electrons. The van der Waals surface area contributed by atoms with Crippen molar-refractivity contribution in [2.75, 3.05) is 18.6 Å². The van der Waals surface area contributed by atoms with Crippen molar-refractivity contribution in [3.05, 3.63) is 78.1 Å². The first-order valence-corrected chi connectivity index (χ1v) is 15.6. The molecule has 0 N–H and O–H groups in total. The van der Waals surface area contributed by atoms with Crippen molar-refractivity contribution in [2.45, 2.75) is 71.2 Å². The molecule has 6 heteroatoms. The van der Waals surface area contributed by atoms with E-state index in [0.29, 0.717) is 36.3 Å². The van der Waals surface area contributed by atoms with Crippen molar-refractivity contribution >= 4 is 19.9 Å². The Kier molecular flexibility index (Phi) is 8.85. The van der Waals surface area contributed by atoms with E-state index < -0.39 is 8.32 Å². The van der Waals surface area contributed by atoms with Crippen LogP contribution in [0.3, 0.4) is 0 Å². The molecule has 0 aromatic heterocycles. The van der Waals surface area contributed by atoms with Gasteiger partial charge in [0.25, 0.3) is 5.91 Å². The Balaban J connectivity index is 1.79. The van der Waals surface area contributed by atoms with Gasteiger partial charge in [0.2, 0.25) is 0 Å². The summed E-state index contributed by atoms with van der Waals surface area (Å²) in [5.41, 5.74) is 2.99. The summed E-state index contributed by atoms with van der Waals surface area (Å²) in [5.74, 6) is 2.04. The Morgan fingerprint density at radius 1 is 1.14 bits per heavy atom. The van der Waals surface area contributed by atoms with E-state index in [-0.39, 0.29) is 16.7 Å². The van der Waals surface area contributed by atoms with E-state index in [0.717, 1.165) is 5.56 Å². The van der Waals surface area contributed by atoms with Crippen LogP contribution in [0.2, 0.25) is 18.1 Å². The molecule has 5 nitrogen and oxygen atoms in total. The van der Waals surface area contributed by atoms with Crippen molar-refractivity contribution in [3.63, 3.8) is 0 Å². The predicted molar refractivity (Wildman–Crippen MR) is 150 cm³/mol. The Hall–Kier alpha value is -2.83. The fourth-order valence-electron chi connectivity index (χ4n) is 3.64. The van der Waals surface area contributed by atoms with E-state index in [4.69, 9.17) is 13.9 Å². The van der Waals surface area contributed by atoms with Gasteiger partial charge in [0, 0.05) is 23.9 Å². The van der Waals surface area contributed by atoms with Crippen LogP contribution >= 0.6 is 0 Å². The van der Waals surface area contributed by atoms with Crippen LogP contribution < -0.4 is 14.4 Å². The van der Waals surface area contributed by atoms with Gasteiger partial charge < -0.3 is 18.8 Å². The van der Waals surface area contributed by atoms with E-state index >= 15 is 0 Å². The molecular formula is C30H41NO4Si. The number of methoxy groups -OCH3 is 1. The van der Waals surface area contributed by atoms with Gasteiger partial charge in [0.05, 0.1) is 13.7 Å². The second-order valence-electron chi connectivity index (χ2n) is 10.8. The van der Waals surface area contributed by atoms with Crippen LogP contribution in [0, 0.1) is 0 Å². The monoisotopic (exact) mass is 507 g/mol. The van der Waals surface area contributed by atoms with E-state index in [9.17, 15) is 4.79 Å². The van der Waals surface area contributed by atoms with Gasteiger partial charge in [-0.3, -0.25) is 4.79 Å².